The van der Waals surface area contributed by atoms with Crippen molar-refractivity contribution < 1.29 is 4.79 Å². The number of benzene rings is 3. The van der Waals surface area contributed by atoms with E-state index in [4.69, 9.17) is 0 Å². The molecule has 1 amide bonds. The second kappa shape index (κ2) is 7.72. The van der Waals surface area contributed by atoms with Crippen LogP contribution in [0.4, 0.5) is 5.69 Å². The smallest absolute Gasteiger partial charge is 0.267 e. The van der Waals surface area contributed by atoms with E-state index in [-0.39, 0.29) is 18.0 Å². The number of nitrogens with one attached hydrogen (secondary N) is 1. The lowest BCUT2D eigenvalue weighted by molar-refractivity contribution is -0.117. The van der Waals surface area contributed by atoms with Gasteiger partial charge in [-0.2, -0.15) is 5.10 Å². The molecule has 0 aliphatic heterocycles. The van der Waals surface area contributed by atoms with Crippen molar-refractivity contribution in [2.45, 2.75) is 20.4 Å². The maximum Gasteiger partial charge on any atom is 0.267 e. The Morgan fingerprint density at radius 3 is 2.48 bits per heavy atom. The number of hydrogen-bond acceptors (Lipinski definition) is 3. The van der Waals surface area contributed by atoms with E-state index >= 15 is 0 Å². The number of rotatable bonds is 4. The van der Waals surface area contributed by atoms with Gasteiger partial charge in [-0.15, -0.1) is 0 Å². The zero-order chi connectivity index (χ0) is 20.4. The molecule has 0 radical (unpaired) electrons. The van der Waals surface area contributed by atoms with Crippen molar-refractivity contribution in [1.29, 1.82) is 0 Å². The van der Waals surface area contributed by atoms with Crippen molar-refractivity contribution in [2.24, 2.45) is 0 Å². The van der Waals surface area contributed by atoms with Crippen LogP contribution >= 0.6 is 0 Å². The van der Waals surface area contributed by atoms with Gasteiger partial charge in [0.2, 0.25) is 5.91 Å². The first kappa shape index (κ1) is 18.6. The van der Waals surface area contributed by atoms with Gasteiger partial charge < -0.3 is 5.32 Å². The summed E-state index contributed by atoms with van der Waals surface area (Å²) in [6.45, 7) is 3.86. The molecule has 5 heteroatoms. The second-order valence-corrected chi connectivity index (χ2v) is 7.12. The molecule has 0 bridgehead atoms. The Morgan fingerprint density at radius 1 is 0.897 bits per heavy atom. The van der Waals surface area contributed by atoms with Crippen molar-refractivity contribution >= 4 is 22.4 Å². The molecule has 0 atom stereocenters. The molecular formula is C24H21N3O2. The number of aryl methyl sites for hydroxylation is 2. The van der Waals surface area contributed by atoms with Gasteiger partial charge in [0.25, 0.3) is 5.56 Å². The summed E-state index contributed by atoms with van der Waals surface area (Å²) in [7, 11) is 0. The van der Waals surface area contributed by atoms with Gasteiger partial charge in [0.05, 0.1) is 5.69 Å². The number of carbonyl (C=O) groups excluding carboxylic acids is 1. The van der Waals surface area contributed by atoms with Crippen LogP contribution in [-0.4, -0.2) is 15.7 Å². The van der Waals surface area contributed by atoms with Crippen LogP contribution < -0.4 is 10.9 Å². The number of fused-ring (bicyclic) bond motifs is 1. The summed E-state index contributed by atoms with van der Waals surface area (Å²) in [5, 5.41) is 9.47. The van der Waals surface area contributed by atoms with Gasteiger partial charge in [-0.05, 0) is 60.0 Å². The maximum absolute atomic E-state index is 12.4. The van der Waals surface area contributed by atoms with Crippen LogP contribution in [0.15, 0.2) is 77.6 Å². The fourth-order valence-electron chi connectivity index (χ4n) is 3.22. The summed E-state index contributed by atoms with van der Waals surface area (Å²) in [4.78, 5) is 24.7. The Kier molecular flexibility index (Phi) is 4.96. The number of carbonyl (C=O) groups is 1. The molecule has 0 aliphatic rings. The topological polar surface area (TPSA) is 64.0 Å². The molecule has 1 heterocycles. The Labute approximate surface area is 168 Å². The predicted octanol–water partition coefficient (Wildman–Crippen LogP) is 4.32. The van der Waals surface area contributed by atoms with E-state index in [1.807, 2.05) is 74.5 Å². The monoisotopic (exact) mass is 383 g/mol. The minimum atomic E-state index is -0.315. The van der Waals surface area contributed by atoms with Crippen LogP contribution in [0.2, 0.25) is 0 Å². The van der Waals surface area contributed by atoms with E-state index in [1.165, 1.54) is 10.7 Å². The van der Waals surface area contributed by atoms with Crippen molar-refractivity contribution in [2.75, 3.05) is 5.32 Å². The molecule has 4 rings (SSSR count). The summed E-state index contributed by atoms with van der Waals surface area (Å²) in [6.07, 6.45) is 0. The molecule has 0 aliphatic carbocycles. The van der Waals surface area contributed by atoms with Gasteiger partial charge in [-0.1, -0.05) is 42.5 Å². The molecule has 29 heavy (non-hydrogen) atoms. The van der Waals surface area contributed by atoms with Crippen LogP contribution in [-0.2, 0) is 11.3 Å². The molecule has 1 N–H and O–H groups in total. The first-order chi connectivity index (χ1) is 14.0. The van der Waals surface area contributed by atoms with Crippen molar-refractivity contribution in [3.8, 4) is 11.3 Å². The highest BCUT2D eigenvalue weighted by Gasteiger charge is 2.09. The van der Waals surface area contributed by atoms with Crippen LogP contribution in [0.1, 0.15) is 11.1 Å². The fraction of sp³-hybridized carbons (Fsp3) is 0.125. The number of hydrogen-bond donors (Lipinski definition) is 1. The van der Waals surface area contributed by atoms with E-state index in [0.29, 0.717) is 11.4 Å². The van der Waals surface area contributed by atoms with Crippen LogP contribution in [0.25, 0.3) is 22.0 Å². The molecule has 0 spiro atoms. The highest BCUT2D eigenvalue weighted by atomic mass is 16.2. The van der Waals surface area contributed by atoms with Gasteiger partial charge in [-0.3, -0.25) is 9.59 Å². The molecule has 5 nitrogen and oxygen atoms in total. The van der Waals surface area contributed by atoms with Crippen LogP contribution in [0.3, 0.4) is 0 Å². The Morgan fingerprint density at radius 2 is 1.69 bits per heavy atom. The predicted molar refractivity (Wildman–Crippen MR) is 116 cm³/mol. The molecule has 0 unspecified atom stereocenters. The second-order valence-electron chi connectivity index (χ2n) is 7.12. The lowest BCUT2D eigenvalue weighted by Gasteiger charge is -2.10. The highest BCUT2D eigenvalue weighted by Crippen LogP contribution is 2.22. The van der Waals surface area contributed by atoms with Crippen molar-refractivity contribution in [3.63, 3.8) is 0 Å². The Hall–Kier alpha value is -3.73. The molecule has 1 aromatic heterocycles. The molecule has 4 aromatic rings. The standard InChI is InChI=1S/C24H21N3O2/c1-16-7-10-21(13-17(16)2)25-23(28)15-27-24(29)12-11-22(26-27)20-9-8-18-5-3-4-6-19(18)14-20/h3-14H,15H2,1-2H3,(H,25,28). The summed E-state index contributed by atoms with van der Waals surface area (Å²) in [6, 6.07) is 22.9. The van der Waals surface area contributed by atoms with Gasteiger partial charge in [-0.25, -0.2) is 4.68 Å². The summed E-state index contributed by atoms with van der Waals surface area (Å²) in [5.74, 6) is -0.293. The molecule has 3 aromatic carbocycles. The number of nitrogens with zero attached hydrogens (tertiary/aromatic N) is 2. The first-order valence-electron chi connectivity index (χ1n) is 9.44. The van der Waals surface area contributed by atoms with Gasteiger partial charge in [0, 0.05) is 17.3 Å². The Bertz CT molecular complexity index is 1270. The van der Waals surface area contributed by atoms with Gasteiger partial charge >= 0.3 is 0 Å². The maximum atomic E-state index is 12.4. The zero-order valence-electron chi connectivity index (χ0n) is 16.3. The summed E-state index contributed by atoms with van der Waals surface area (Å²) in [5.41, 5.74) is 4.18. The molecule has 0 fully saturated rings. The molecule has 0 saturated heterocycles. The number of anilines is 1. The fourth-order valence-corrected chi connectivity index (χ4v) is 3.22. The Balaban J connectivity index is 1.58. The van der Waals surface area contributed by atoms with E-state index in [0.717, 1.165) is 27.5 Å². The molecule has 144 valence electrons. The van der Waals surface area contributed by atoms with E-state index in [9.17, 15) is 9.59 Å². The lowest BCUT2D eigenvalue weighted by atomic mass is 10.1. The van der Waals surface area contributed by atoms with Crippen LogP contribution in [0, 0.1) is 13.8 Å². The quantitative estimate of drug-likeness (QED) is 0.571. The normalized spacial score (nSPS) is 10.8. The average Bonchev–Trinajstić information content (AvgIpc) is 2.72. The van der Waals surface area contributed by atoms with Gasteiger partial charge in [0.15, 0.2) is 0 Å². The largest absolute Gasteiger partial charge is 0.324 e. The van der Waals surface area contributed by atoms with E-state index < -0.39 is 0 Å². The minimum Gasteiger partial charge on any atom is -0.324 e. The SMILES string of the molecule is Cc1ccc(NC(=O)Cn2nc(-c3ccc4ccccc4c3)ccc2=O)cc1C. The van der Waals surface area contributed by atoms with Crippen molar-refractivity contribution in [3.05, 3.63) is 94.3 Å². The third kappa shape index (κ3) is 4.09. The van der Waals surface area contributed by atoms with E-state index in [1.54, 1.807) is 6.07 Å². The number of aromatic nitrogens is 2. The van der Waals surface area contributed by atoms with E-state index in [2.05, 4.69) is 10.4 Å². The van der Waals surface area contributed by atoms with Gasteiger partial charge in [0.1, 0.15) is 6.54 Å². The lowest BCUT2D eigenvalue weighted by Crippen LogP contribution is -2.29. The third-order valence-corrected chi connectivity index (χ3v) is 5.00. The summed E-state index contributed by atoms with van der Waals surface area (Å²) < 4.78 is 1.20. The first-order valence-corrected chi connectivity index (χ1v) is 9.44. The minimum absolute atomic E-state index is 0.146. The molecular weight excluding hydrogens is 362 g/mol. The van der Waals surface area contributed by atoms with Crippen LogP contribution in [0.5, 0.6) is 0 Å². The summed E-state index contributed by atoms with van der Waals surface area (Å²) >= 11 is 0. The highest BCUT2D eigenvalue weighted by molar-refractivity contribution is 5.90. The average molecular weight is 383 g/mol. The van der Waals surface area contributed by atoms with Crippen molar-refractivity contribution in [1.82, 2.24) is 9.78 Å². The number of amides is 1. The zero-order valence-corrected chi connectivity index (χ0v) is 16.3. The third-order valence-electron chi connectivity index (χ3n) is 5.00. The molecule has 0 saturated carbocycles.